The highest BCUT2D eigenvalue weighted by atomic mass is 16.1. The molecule has 1 aromatic rings. The lowest BCUT2D eigenvalue weighted by molar-refractivity contribution is 0.0999. The molecular formula is C11H16N2O. The summed E-state index contributed by atoms with van der Waals surface area (Å²) in [4.78, 5) is 11.1. The second-order valence-corrected chi connectivity index (χ2v) is 3.35. The van der Waals surface area contributed by atoms with E-state index in [1.165, 1.54) is 0 Å². The number of rotatable bonds is 4. The number of carbonyl (C=O) groups excluding carboxylic acids is 1. The molecule has 0 radical (unpaired) electrons. The Balaban J connectivity index is 3.00. The van der Waals surface area contributed by atoms with Crippen LogP contribution in [0.1, 0.15) is 41.7 Å². The molecule has 14 heavy (non-hydrogen) atoms. The Bertz CT molecular complexity index is 323. The summed E-state index contributed by atoms with van der Waals surface area (Å²) in [5.74, 6) is -0.410. The molecule has 0 aliphatic rings. The van der Waals surface area contributed by atoms with Gasteiger partial charge in [0.1, 0.15) is 0 Å². The maximum absolute atomic E-state index is 11.1. The maximum Gasteiger partial charge on any atom is 0.249 e. The van der Waals surface area contributed by atoms with Crippen LogP contribution in [0.2, 0.25) is 0 Å². The predicted molar refractivity (Wildman–Crippen MR) is 56.8 cm³/mol. The highest BCUT2D eigenvalue weighted by molar-refractivity contribution is 5.94. The van der Waals surface area contributed by atoms with Gasteiger partial charge in [0.25, 0.3) is 0 Å². The van der Waals surface area contributed by atoms with Gasteiger partial charge >= 0.3 is 0 Å². The molecule has 0 saturated heterocycles. The molecule has 3 heteroatoms. The molecule has 0 fully saturated rings. The Morgan fingerprint density at radius 3 is 2.64 bits per heavy atom. The van der Waals surface area contributed by atoms with Crippen molar-refractivity contribution in [1.82, 2.24) is 0 Å². The van der Waals surface area contributed by atoms with E-state index in [-0.39, 0.29) is 6.04 Å². The summed E-state index contributed by atoms with van der Waals surface area (Å²) >= 11 is 0. The molecule has 1 amide bonds. The summed E-state index contributed by atoms with van der Waals surface area (Å²) in [6.45, 7) is 2.06. The molecule has 1 rings (SSSR count). The summed E-state index contributed by atoms with van der Waals surface area (Å²) in [5.41, 5.74) is 12.6. The number of nitrogens with two attached hydrogens (primary N) is 2. The van der Waals surface area contributed by atoms with Gasteiger partial charge in [-0.1, -0.05) is 31.5 Å². The van der Waals surface area contributed by atoms with Crippen molar-refractivity contribution in [2.24, 2.45) is 11.5 Å². The van der Waals surface area contributed by atoms with E-state index in [0.29, 0.717) is 5.56 Å². The van der Waals surface area contributed by atoms with Crippen LogP contribution in [-0.4, -0.2) is 5.91 Å². The third kappa shape index (κ3) is 2.33. The lowest BCUT2D eigenvalue weighted by Crippen LogP contribution is -2.19. The van der Waals surface area contributed by atoms with Crippen molar-refractivity contribution in [1.29, 1.82) is 0 Å². The van der Waals surface area contributed by atoms with Gasteiger partial charge in [-0.3, -0.25) is 4.79 Å². The van der Waals surface area contributed by atoms with E-state index in [4.69, 9.17) is 11.5 Å². The van der Waals surface area contributed by atoms with E-state index < -0.39 is 5.91 Å². The fraction of sp³-hybridized carbons (Fsp3) is 0.364. The first kappa shape index (κ1) is 10.7. The third-order valence-electron chi connectivity index (χ3n) is 2.23. The van der Waals surface area contributed by atoms with Crippen LogP contribution < -0.4 is 11.5 Å². The summed E-state index contributed by atoms with van der Waals surface area (Å²) in [5, 5.41) is 0. The zero-order valence-corrected chi connectivity index (χ0v) is 8.36. The monoisotopic (exact) mass is 192 g/mol. The Kier molecular flexibility index (Phi) is 3.65. The molecule has 3 nitrogen and oxygen atoms in total. The first-order valence-corrected chi connectivity index (χ1v) is 4.81. The quantitative estimate of drug-likeness (QED) is 0.760. The molecule has 1 atom stereocenters. The second kappa shape index (κ2) is 4.77. The van der Waals surface area contributed by atoms with Crippen molar-refractivity contribution in [2.75, 3.05) is 0 Å². The summed E-state index contributed by atoms with van der Waals surface area (Å²) in [6.07, 6.45) is 1.86. The van der Waals surface area contributed by atoms with E-state index in [2.05, 4.69) is 6.92 Å². The molecule has 76 valence electrons. The Morgan fingerprint density at radius 2 is 2.07 bits per heavy atom. The molecule has 0 heterocycles. The molecule has 4 N–H and O–H groups in total. The largest absolute Gasteiger partial charge is 0.366 e. The van der Waals surface area contributed by atoms with Gasteiger partial charge in [0.15, 0.2) is 0 Å². The van der Waals surface area contributed by atoms with Gasteiger partial charge in [-0.15, -0.1) is 0 Å². The van der Waals surface area contributed by atoms with Gasteiger partial charge in [0, 0.05) is 11.6 Å². The summed E-state index contributed by atoms with van der Waals surface area (Å²) in [6, 6.07) is 7.15. The fourth-order valence-corrected chi connectivity index (χ4v) is 1.51. The van der Waals surface area contributed by atoms with Crippen molar-refractivity contribution in [2.45, 2.75) is 25.8 Å². The van der Waals surface area contributed by atoms with E-state index in [9.17, 15) is 4.79 Å². The Morgan fingerprint density at radius 1 is 1.43 bits per heavy atom. The molecule has 0 saturated carbocycles. The summed E-state index contributed by atoms with van der Waals surface area (Å²) in [7, 11) is 0. The molecular weight excluding hydrogens is 176 g/mol. The van der Waals surface area contributed by atoms with Gasteiger partial charge in [-0.05, 0) is 18.1 Å². The number of amides is 1. The summed E-state index contributed by atoms with van der Waals surface area (Å²) < 4.78 is 0. The number of primary amides is 1. The molecule has 1 unspecified atom stereocenters. The first-order valence-electron chi connectivity index (χ1n) is 4.81. The third-order valence-corrected chi connectivity index (χ3v) is 2.23. The van der Waals surface area contributed by atoms with Crippen LogP contribution in [0.5, 0.6) is 0 Å². The molecule has 1 aromatic carbocycles. The lowest BCUT2D eigenvalue weighted by atomic mass is 9.97. The van der Waals surface area contributed by atoms with Crippen LogP contribution in [0.4, 0.5) is 0 Å². The topological polar surface area (TPSA) is 69.1 Å². The second-order valence-electron chi connectivity index (χ2n) is 3.35. The normalized spacial score (nSPS) is 12.4. The number of hydrogen-bond acceptors (Lipinski definition) is 2. The SMILES string of the molecule is CCCC(N)c1ccccc1C(N)=O. The van der Waals surface area contributed by atoms with Gasteiger partial charge in [-0.2, -0.15) is 0 Å². The Labute approximate surface area is 84.1 Å². The van der Waals surface area contributed by atoms with Crippen molar-refractivity contribution < 1.29 is 4.79 Å². The number of benzene rings is 1. The molecule has 0 bridgehead atoms. The average molecular weight is 192 g/mol. The van der Waals surface area contributed by atoms with Gasteiger partial charge < -0.3 is 11.5 Å². The van der Waals surface area contributed by atoms with Crippen molar-refractivity contribution in [3.8, 4) is 0 Å². The van der Waals surface area contributed by atoms with E-state index in [1.54, 1.807) is 12.1 Å². The highest BCUT2D eigenvalue weighted by Gasteiger charge is 2.12. The van der Waals surface area contributed by atoms with Gasteiger partial charge in [0.05, 0.1) is 0 Å². The minimum absolute atomic E-state index is 0.0938. The van der Waals surface area contributed by atoms with Crippen LogP contribution in [-0.2, 0) is 0 Å². The maximum atomic E-state index is 11.1. The molecule has 0 aliphatic heterocycles. The number of carbonyl (C=O) groups is 1. The predicted octanol–water partition coefficient (Wildman–Crippen LogP) is 1.59. The zero-order chi connectivity index (χ0) is 10.6. The van der Waals surface area contributed by atoms with Crippen LogP contribution in [0.3, 0.4) is 0 Å². The average Bonchev–Trinajstić information content (AvgIpc) is 2.18. The molecule has 0 spiro atoms. The minimum Gasteiger partial charge on any atom is -0.366 e. The highest BCUT2D eigenvalue weighted by Crippen LogP contribution is 2.19. The van der Waals surface area contributed by atoms with Gasteiger partial charge in [-0.25, -0.2) is 0 Å². The zero-order valence-electron chi connectivity index (χ0n) is 8.36. The van der Waals surface area contributed by atoms with Crippen LogP contribution >= 0.6 is 0 Å². The smallest absolute Gasteiger partial charge is 0.249 e. The Hall–Kier alpha value is -1.35. The van der Waals surface area contributed by atoms with Gasteiger partial charge in [0.2, 0.25) is 5.91 Å². The lowest BCUT2D eigenvalue weighted by Gasteiger charge is -2.13. The minimum atomic E-state index is -0.410. The standard InChI is InChI=1S/C11H16N2O/c1-2-5-10(12)8-6-3-4-7-9(8)11(13)14/h3-4,6-7,10H,2,5,12H2,1H3,(H2,13,14). The first-order chi connectivity index (χ1) is 6.66. The fourth-order valence-electron chi connectivity index (χ4n) is 1.51. The van der Waals surface area contributed by atoms with Crippen molar-refractivity contribution in [3.05, 3.63) is 35.4 Å². The van der Waals surface area contributed by atoms with Crippen LogP contribution in [0.15, 0.2) is 24.3 Å². The van der Waals surface area contributed by atoms with E-state index in [0.717, 1.165) is 18.4 Å². The van der Waals surface area contributed by atoms with Crippen LogP contribution in [0, 0.1) is 0 Å². The van der Waals surface area contributed by atoms with Crippen molar-refractivity contribution >= 4 is 5.91 Å². The number of hydrogen-bond donors (Lipinski definition) is 2. The molecule has 0 aromatic heterocycles. The van der Waals surface area contributed by atoms with E-state index >= 15 is 0 Å². The molecule has 0 aliphatic carbocycles. The van der Waals surface area contributed by atoms with Crippen LogP contribution in [0.25, 0.3) is 0 Å². The van der Waals surface area contributed by atoms with Crippen molar-refractivity contribution in [3.63, 3.8) is 0 Å². The van der Waals surface area contributed by atoms with E-state index in [1.807, 2.05) is 12.1 Å².